The summed E-state index contributed by atoms with van der Waals surface area (Å²) in [6.07, 6.45) is 0.547. The van der Waals surface area contributed by atoms with E-state index in [-0.39, 0.29) is 11.9 Å². The molecule has 3 rings (SSSR count). The minimum Gasteiger partial charge on any atom is -0.488 e. The average molecular weight is 279 g/mol. The summed E-state index contributed by atoms with van der Waals surface area (Å²) in [5.41, 5.74) is 0.882. The van der Waals surface area contributed by atoms with Gasteiger partial charge in [0.25, 0.3) is 0 Å². The maximum atomic E-state index is 13.1. The minimum atomic E-state index is -0.241. The fourth-order valence-electron chi connectivity index (χ4n) is 2.13. The summed E-state index contributed by atoms with van der Waals surface area (Å²) >= 11 is 6.00. The zero-order valence-electron chi connectivity index (χ0n) is 10.1. The molecule has 1 unspecified atom stereocenters. The fraction of sp³-hybridized carbons (Fsp3) is 0.200. The van der Waals surface area contributed by atoms with E-state index in [9.17, 15) is 4.39 Å². The lowest BCUT2D eigenvalue weighted by Gasteiger charge is -2.13. The molecule has 0 fully saturated rings. The normalized spacial score (nSPS) is 16.8. The number of ether oxygens (including phenoxy) is 2. The predicted molar refractivity (Wildman–Crippen MR) is 71.5 cm³/mol. The van der Waals surface area contributed by atoms with Crippen LogP contribution in [0.1, 0.15) is 5.56 Å². The maximum Gasteiger partial charge on any atom is 0.138 e. The Morgan fingerprint density at radius 1 is 1.26 bits per heavy atom. The Hall–Kier alpha value is -1.74. The summed E-state index contributed by atoms with van der Waals surface area (Å²) in [4.78, 5) is 0. The third-order valence-corrected chi connectivity index (χ3v) is 3.34. The molecule has 19 heavy (non-hydrogen) atoms. The quantitative estimate of drug-likeness (QED) is 0.849. The van der Waals surface area contributed by atoms with Crippen LogP contribution in [-0.4, -0.2) is 12.7 Å². The van der Waals surface area contributed by atoms with Crippen molar-refractivity contribution in [2.24, 2.45) is 0 Å². The van der Waals surface area contributed by atoms with Crippen LogP contribution in [0, 0.1) is 5.82 Å². The molecule has 1 atom stereocenters. The number of hydrogen-bond acceptors (Lipinski definition) is 2. The molecule has 2 aromatic carbocycles. The van der Waals surface area contributed by atoms with Crippen LogP contribution >= 0.6 is 11.6 Å². The Morgan fingerprint density at radius 2 is 2.11 bits per heavy atom. The number of para-hydroxylation sites is 1. The second-order valence-electron chi connectivity index (χ2n) is 4.44. The van der Waals surface area contributed by atoms with Crippen molar-refractivity contribution in [3.8, 4) is 11.5 Å². The van der Waals surface area contributed by atoms with E-state index in [4.69, 9.17) is 21.1 Å². The van der Waals surface area contributed by atoms with Crippen molar-refractivity contribution in [2.45, 2.75) is 12.5 Å². The molecule has 0 radical (unpaired) electrons. The van der Waals surface area contributed by atoms with E-state index in [0.717, 1.165) is 11.3 Å². The summed E-state index contributed by atoms with van der Waals surface area (Å²) in [6, 6.07) is 11.8. The molecule has 2 aromatic rings. The van der Waals surface area contributed by atoms with Crippen LogP contribution in [0.2, 0.25) is 5.02 Å². The van der Waals surface area contributed by atoms with Gasteiger partial charge in [0.2, 0.25) is 0 Å². The smallest absolute Gasteiger partial charge is 0.138 e. The van der Waals surface area contributed by atoms with Gasteiger partial charge in [-0.25, -0.2) is 4.39 Å². The van der Waals surface area contributed by atoms with Gasteiger partial charge in [-0.3, -0.25) is 0 Å². The molecule has 0 saturated carbocycles. The van der Waals surface area contributed by atoms with Gasteiger partial charge in [-0.1, -0.05) is 23.7 Å². The molecular formula is C15H12ClFO2. The molecule has 0 saturated heterocycles. The van der Waals surface area contributed by atoms with Crippen LogP contribution in [0.15, 0.2) is 42.5 Å². The molecule has 0 N–H and O–H groups in total. The van der Waals surface area contributed by atoms with Gasteiger partial charge in [0.15, 0.2) is 0 Å². The number of halogens is 2. The highest BCUT2D eigenvalue weighted by Crippen LogP contribution is 2.30. The molecule has 4 heteroatoms. The van der Waals surface area contributed by atoms with Gasteiger partial charge in [0, 0.05) is 12.0 Å². The van der Waals surface area contributed by atoms with Crippen molar-refractivity contribution in [1.29, 1.82) is 0 Å². The predicted octanol–water partition coefficient (Wildman–Crippen LogP) is 3.86. The summed E-state index contributed by atoms with van der Waals surface area (Å²) in [7, 11) is 0. The van der Waals surface area contributed by atoms with Crippen molar-refractivity contribution in [3.63, 3.8) is 0 Å². The fourth-order valence-corrected chi connectivity index (χ4v) is 2.32. The summed E-state index contributed by atoms with van der Waals surface area (Å²) < 4.78 is 24.4. The Labute approximate surface area is 115 Å². The first kappa shape index (κ1) is 12.3. The van der Waals surface area contributed by atoms with Gasteiger partial charge in [-0.2, -0.15) is 0 Å². The first-order valence-electron chi connectivity index (χ1n) is 6.05. The largest absolute Gasteiger partial charge is 0.488 e. The molecule has 0 aliphatic carbocycles. The average Bonchev–Trinajstić information content (AvgIpc) is 2.79. The van der Waals surface area contributed by atoms with Gasteiger partial charge in [-0.05, 0) is 30.3 Å². The maximum absolute atomic E-state index is 13.1. The van der Waals surface area contributed by atoms with E-state index in [2.05, 4.69) is 0 Å². The number of benzene rings is 2. The minimum absolute atomic E-state index is 0.104. The van der Waals surface area contributed by atoms with Gasteiger partial charge in [-0.15, -0.1) is 0 Å². The van der Waals surface area contributed by atoms with Crippen LogP contribution in [0.5, 0.6) is 11.5 Å². The molecule has 0 aromatic heterocycles. The van der Waals surface area contributed by atoms with Gasteiger partial charge < -0.3 is 9.47 Å². The molecule has 0 bridgehead atoms. The third kappa shape index (κ3) is 2.66. The van der Waals surface area contributed by atoms with E-state index >= 15 is 0 Å². The first-order chi connectivity index (χ1) is 9.22. The Kier molecular flexibility index (Phi) is 3.30. The molecule has 1 heterocycles. The van der Waals surface area contributed by atoms with Crippen molar-refractivity contribution in [2.75, 3.05) is 6.61 Å². The molecule has 0 spiro atoms. The molecule has 0 amide bonds. The summed E-state index contributed by atoms with van der Waals surface area (Å²) in [5, 5.41) is 0.573. The lowest BCUT2D eigenvalue weighted by Crippen LogP contribution is -2.22. The van der Waals surface area contributed by atoms with Crippen molar-refractivity contribution in [1.82, 2.24) is 0 Å². The van der Waals surface area contributed by atoms with Gasteiger partial charge >= 0.3 is 0 Å². The summed E-state index contributed by atoms with van der Waals surface area (Å²) in [5.74, 6) is 1.12. The number of fused-ring (bicyclic) bond motifs is 1. The molecule has 1 aliphatic rings. The van der Waals surface area contributed by atoms with E-state index in [0.29, 0.717) is 23.8 Å². The molecule has 2 nitrogen and oxygen atoms in total. The van der Waals surface area contributed by atoms with Gasteiger partial charge in [0.05, 0.1) is 5.02 Å². The summed E-state index contributed by atoms with van der Waals surface area (Å²) in [6.45, 7) is 0.389. The zero-order chi connectivity index (χ0) is 13.2. The van der Waals surface area contributed by atoms with Crippen molar-refractivity contribution < 1.29 is 13.9 Å². The second-order valence-corrected chi connectivity index (χ2v) is 4.84. The Balaban J connectivity index is 1.63. The van der Waals surface area contributed by atoms with E-state index in [1.54, 1.807) is 12.1 Å². The molecular weight excluding hydrogens is 267 g/mol. The highest BCUT2D eigenvalue weighted by Gasteiger charge is 2.24. The lowest BCUT2D eigenvalue weighted by molar-refractivity contribution is 0.148. The van der Waals surface area contributed by atoms with Crippen LogP contribution in [0.3, 0.4) is 0 Å². The highest BCUT2D eigenvalue weighted by atomic mass is 35.5. The first-order valence-corrected chi connectivity index (χ1v) is 6.42. The molecule has 98 valence electrons. The third-order valence-electron chi connectivity index (χ3n) is 3.03. The van der Waals surface area contributed by atoms with Crippen molar-refractivity contribution >= 4 is 11.6 Å². The topological polar surface area (TPSA) is 18.5 Å². The Bertz CT molecular complexity index is 600. The zero-order valence-corrected chi connectivity index (χ0v) is 10.9. The number of rotatable bonds is 3. The van der Waals surface area contributed by atoms with E-state index in [1.807, 2.05) is 18.2 Å². The van der Waals surface area contributed by atoms with Crippen LogP contribution in [0.4, 0.5) is 4.39 Å². The SMILES string of the molecule is Fc1ccc2c(c1)CC(COc1ccccc1Cl)O2. The van der Waals surface area contributed by atoms with Crippen LogP contribution < -0.4 is 9.47 Å². The van der Waals surface area contributed by atoms with E-state index in [1.165, 1.54) is 12.1 Å². The Morgan fingerprint density at radius 3 is 2.95 bits per heavy atom. The van der Waals surface area contributed by atoms with Crippen molar-refractivity contribution in [3.05, 3.63) is 58.9 Å². The molecule has 1 aliphatic heterocycles. The second kappa shape index (κ2) is 5.10. The standard InChI is InChI=1S/C15H12ClFO2/c16-13-3-1-2-4-15(13)18-9-12-8-10-7-11(17)5-6-14(10)19-12/h1-7,12H,8-9H2. The van der Waals surface area contributed by atoms with E-state index < -0.39 is 0 Å². The van der Waals surface area contributed by atoms with Crippen LogP contribution in [0.25, 0.3) is 0 Å². The lowest BCUT2D eigenvalue weighted by atomic mass is 10.1. The van der Waals surface area contributed by atoms with Crippen LogP contribution in [-0.2, 0) is 6.42 Å². The monoisotopic (exact) mass is 278 g/mol. The number of hydrogen-bond donors (Lipinski definition) is 0. The highest BCUT2D eigenvalue weighted by molar-refractivity contribution is 6.32. The van der Waals surface area contributed by atoms with Gasteiger partial charge in [0.1, 0.15) is 30.0 Å².